The van der Waals surface area contributed by atoms with Crippen LogP contribution in [0.5, 0.6) is 0 Å². The summed E-state index contributed by atoms with van der Waals surface area (Å²) in [7, 11) is 0. The summed E-state index contributed by atoms with van der Waals surface area (Å²) in [5.41, 5.74) is 4.10. The second kappa shape index (κ2) is 6.39. The first-order chi connectivity index (χ1) is 10.3. The van der Waals surface area contributed by atoms with Gasteiger partial charge in [-0.3, -0.25) is 0 Å². The van der Waals surface area contributed by atoms with Gasteiger partial charge in [0.2, 0.25) is 0 Å². The summed E-state index contributed by atoms with van der Waals surface area (Å²) in [6.45, 7) is 11.8. The van der Waals surface area contributed by atoms with Crippen LogP contribution in [0.15, 0.2) is 6.07 Å². The molecule has 0 saturated carbocycles. The number of imide groups is 1. The van der Waals surface area contributed by atoms with Gasteiger partial charge in [0, 0.05) is 6.07 Å². The number of nitrogens with two attached hydrogens (primary N) is 1. The molecule has 0 saturated heterocycles. The number of nitrogen functional groups attached to an aromatic ring is 1. The molecule has 0 unspecified atom stereocenters. The Morgan fingerprint density at radius 3 is 1.78 bits per heavy atom. The van der Waals surface area contributed by atoms with Gasteiger partial charge in [-0.2, -0.15) is 4.90 Å². The van der Waals surface area contributed by atoms with Gasteiger partial charge >= 0.3 is 12.2 Å². The van der Waals surface area contributed by atoms with Crippen molar-refractivity contribution in [2.45, 2.75) is 59.7 Å². The van der Waals surface area contributed by atoms with Crippen LogP contribution in [0, 0.1) is 6.92 Å². The molecule has 0 aromatic carbocycles. The van der Waals surface area contributed by atoms with E-state index in [1.54, 1.807) is 48.5 Å². The smallest absolute Gasteiger partial charge is 0.425 e. The zero-order valence-electron chi connectivity index (χ0n) is 14.6. The molecule has 1 heterocycles. The van der Waals surface area contributed by atoms with Crippen molar-refractivity contribution < 1.29 is 19.1 Å². The predicted molar refractivity (Wildman–Crippen MR) is 86.1 cm³/mol. The average Bonchev–Trinajstić information content (AvgIpc) is 2.21. The highest BCUT2D eigenvalue weighted by molar-refractivity contribution is 6.08. The van der Waals surface area contributed by atoms with Gasteiger partial charge in [-0.25, -0.2) is 19.6 Å². The highest BCUT2D eigenvalue weighted by Gasteiger charge is 2.33. The van der Waals surface area contributed by atoms with Gasteiger partial charge in [0.15, 0.2) is 5.82 Å². The molecular weight excluding hydrogens is 300 g/mol. The van der Waals surface area contributed by atoms with Crippen LogP contribution >= 0.6 is 0 Å². The topological polar surface area (TPSA) is 108 Å². The van der Waals surface area contributed by atoms with Crippen LogP contribution in [0.25, 0.3) is 0 Å². The predicted octanol–water partition coefficient (Wildman–Crippen LogP) is 3.04. The van der Waals surface area contributed by atoms with Crippen LogP contribution in [0.3, 0.4) is 0 Å². The lowest BCUT2D eigenvalue weighted by molar-refractivity contribution is 0.0429. The van der Waals surface area contributed by atoms with Gasteiger partial charge in [-0.05, 0) is 48.5 Å². The monoisotopic (exact) mass is 324 g/mol. The molecule has 8 heteroatoms. The number of aromatic nitrogens is 2. The summed E-state index contributed by atoms with van der Waals surface area (Å²) in [4.78, 5) is 33.5. The molecule has 2 N–H and O–H groups in total. The normalized spacial score (nSPS) is 11.8. The van der Waals surface area contributed by atoms with Gasteiger partial charge in [-0.15, -0.1) is 0 Å². The van der Waals surface area contributed by atoms with Crippen molar-refractivity contribution in [2.24, 2.45) is 0 Å². The largest absolute Gasteiger partial charge is 0.443 e. The summed E-state index contributed by atoms with van der Waals surface area (Å²) in [6, 6.07) is 1.31. The third-order valence-electron chi connectivity index (χ3n) is 2.23. The molecule has 128 valence electrons. The third kappa shape index (κ3) is 6.09. The van der Waals surface area contributed by atoms with Crippen LogP contribution in [-0.2, 0) is 9.47 Å². The zero-order valence-corrected chi connectivity index (χ0v) is 14.6. The van der Waals surface area contributed by atoms with Crippen molar-refractivity contribution in [3.63, 3.8) is 0 Å². The minimum atomic E-state index is -0.899. The Kier molecular flexibility index (Phi) is 5.19. The second-order valence-corrected chi connectivity index (χ2v) is 6.99. The molecule has 23 heavy (non-hydrogen) atoms. The van der Waals surface area contributed by atoms with Gasteiger partial charge in [0.05, 0.1) is 0 Å². The number of anilines is 2. The van der Waals surface area contributed by atoms with E-state index in [2.05, 4.69) is 9.97 Å². The molecule has 0 bridgehead atoms. The molecule has 1 aromatic heterocycles. The number of carbonyl (C=O) groups excluding carboxylic acids is 2. The summed E-state index contributed by atoms with van der Waals surface area (Å²) in [6.07, 6.45) is -1.80. The minimum absolute atomic E-state index is 0.00139. The number of aryl methyl sites for hydroxylation is 1. The second-order valence-electron chi connectivity index (χ2n) is 6.99. The van der Waals surface area contributed by atoms with Crippen molar-refractivity contribution in [1.29, 1.82) is 0 Å². The van der Waals surface area contributed by atoms with Crippen LogP contribution < -0.4 is 10.6 Å². The van der Waals surface area contributed by atoms with Crippen LogP contribution in [0.2, 0.25) is 0 Å². The molecule has 1 aromatic rings. The number of hydrogen-bond acceptors (Lipinski definition) is 7. The average molecular weight is 324 g/mol. The van der Waals surface area contributed by atoms with Crippen molar-refractivity contribution in [1.82, 2.24) is 9.97 Å². The van der Waals surface area contributed by atoms with E-state index in [4.69, 9.17) is 15.2 Å². The van der Waals surface area contributed by atoms with Crippen LogP contribution in [0.4, 0.5) is 21.2 Å². The van der Waals surface area contributed by atoms with Crippen molar-refractivity contribution in [2.75, 3.05) is 10.6 Å². The molecule has 0 aliphatic heterocycles. The quantitative estimate of drug-likeness (QED) is 0.845. The van der Waals surface area contributed by atoms with Crippen molar-refractivity contribution in [3.05, 3.63) is 11.9 Å². The summed E-state index contributed by atoms with van der Waals surface area (Å²) in [5, 5.41) is 0. The van der Waals surface area contributed by atoms with E-state index in [-0.39, 0.29) is 11.6 Å². The lowest BCUT2D eigenvalue weighted by atomic mass is 10.2. The third-order valence-corrected chi connectivity index (χ3v) is 2.23. The molecule has 0 aliphatic carbocycles. The fourth-order valence-electron chi connectivity index (χ4n) is 1.57. The summed E-state index contributed by atoms with van der Waals surface area (Å²) in [5.74, 6) is 0.445. The van der Waals surface area contributed by atoms with E-state index in [9.17, 15) is 9.59 Å². The number of ether oxygens (including phenoxy) is 2. The van der Waals surface area contributed by atoms with E-state index in [0.717, 1.165) is 0 Å². The van der Waals surface area contributed by atoms with E-state index >= 15 is 0 Å². The standard InChI is InChI=1S/C15H24N4O4/c1-9-17-10(16)8-11(18-9)19(12(20)22-14(2,3)4)13(21)23-15(5,6)7/h8H,1-7H3,(H2,16,17,18). The molecule has 0 atom stereocenters. The van der Waals surface area contributed by atoms with Crippen molar-refractivity contribution >= 4 is 23.8 Å². The number of nitrogens with zero attached hydrogens (tertiary/aromatic N) is 3. The van der Waals surface area contributed by atoms with E-state index in [1.165, 1.54) is 6.07 Å². The van der Waals surface area contributed by atoms with Crippen LogP contribution in [0.1, 0.15) is 47.4 Å². The molecule has 0 spiro atoms. The van der Waals surface area contributed by atoms with Gasteiger partial charge in [-0.1, -0.05) is 0 Å². The Labute approximate surface area is 136 Å². The maximum absolute atomic E-state index is 12.4. The molecule has 1 rings (SSSR count). The first kappa shape index (κ1) is 18.7. The van der Waals surface area contributed by atoms with E-state index in [0.29, 0.717) is 10.7 Å². The van der Waals surface area contributed by atoms with Crippen molar-refractivity contribution in [3.8, 4) is 0 Å². The number of carbonyl (C=O) groups is 2. The van der Waals surface area contributed by atoms with Crippen LogP contribution in [-0.4, -0.2) is 33.4 Å². The van der Waals surface area contributed by atoms with E-state index < -0.39 is 23.4 Å². The molecule has 0 radical (unpaired) electrons. The highest BCUT2D eigenvalue weighted by Crippen LogP contribution is 2.21. The first-order valence-corrected chi connectivity index (χ1v) is 7.16. The fraction of sp³-hybridized carbons (Fsp3) is 0.600. The first-order valence-electron chi connectivity index (χ1n) is 7.16. The lowest BCUT2D eigenvalue weighted by Crippen LogP contribution is -2.44. The summed E-state index contributed by atoms with van der Waals surface area (Å²) >= 11 is 0. The highest BCUT2D eigenvalue weighted by atomic mass is 16.6. The Balaban J connectivity index is 3.25. The number of hydrogen-bond donors (Lipinski definition) is 1. The maximum atomic E-state index is 12.4. The van der Waals surface area contributed by atoms with E-state index in [1.807, 2.05) is 0 Å². The zero-order chi connectivity index (χ0) is 18.0. The molecular formula is C15H24N4O4. The molecule has 0 aliphatic rings. The molecule has 2 amide bonds. The Hall–Kier alpha value is -2.38. The Morgan fingerprint density at radius 1 is 1.00 bits per heavy atom. The number of amides is 2. The number of rotatable bonds is 1. The Morgan fingerprint density at radius 2 is 1.43 bits per heavy atom. The lowest BCUT2D eigenvalue weighted by Gasteiger charge is -2.28. The molecule has 8 nitrogen and oxygen atoms in total. The Bertz CT molecular complexity index is 554. The van der Waals surface area contributed by atoms with Gasteiger partial charge < -0.3 is 15.2 Å². The summed E-state index contributed by atoms with van der Waals surface area (Å²) < 4.78 is 10.5. The van der Waals surface area contributed by atoms with Gasteiger partial charge in [0.1, 0.15) is 22.8 Å². The fourth-order valence-corrected chi connectivity index (χ4v) is 1.57. The molecule has 0 fully saturated rings. The SMILES string of the molecule is Cc1nc(N)cc(N(C(=O)OC(C)(C)C)C(=O)OC(C)(C)C)n1. The maximum Gasteiger partial charge on any atom is 0.425 e. The van der Waals surface area contributed by atoms with Gasteiger partial charge in [0.25, 0.3) is 0 Å². The minimum Gasteiger partial charge on any atom is -0.443 e.